The number of methoxy groups -OCH3 is 2. The quantitative estimate of drug-likeness (QED) is 0.904. The lowest BCUT2D eigenvalue weighted by atomic mass is 10.1. The summed E-state index contributed by atoms with van der Waals surface area (Å²) < 4.78 is 10.7. The molecule has 1 fully saturated rings. The van der Waals surface area contributed by atoms with Crippen LogP contribution in [-0.2, 0) is 6.54 Å². The summed E-state index contributed by atoms with van der Waals surface area (Å²) in [5.41, 5.74) is 1.07. The molecule has 5 heteroatoms. The molecule has 0 atom stereocenters. The van der Waals surface area contributed by atoms with E-state index in [1.54, 1.807) is 20.3 Å². The van der Waals surface area contributed by atoms with Gasteiger partial charge in [0, 0.05) is 49.4 Å². The van der Waals surface area contributed by atoms with Gasteiger partial charge in [0.2, 0.25) is 0 Å². The number of hydrogen-bond donors (Lipinski definition) is 1. The summed E-state index contributed by atoms with van der Waals surface area (Å²) in [6, 6.07) is 3.73. The molecule has 0 aromatic heterocycles. The van der Waals surface area contributed by atoms with Crippen LogP contribution in [0.5, 0.6) is 11.5 Å². The molecule has 1 heterocycles. The van der Waals surface area contributed by atoms with Gasteiger partial charge in [0.05, 0.1) is 14.2 Å². The Kier molecular flexibility index (Phi) is 4.69. The zero-order chi connectivity index (χ0) is 13.0. The smallest absolute Gasteiger partial charge is 0.165 e. The van der Waals surface area contributed by atoms with Crippen LogP contribution in [-0.4, -0.2) is 45.3 Å². The van der Waals surface area contributed by atoms with Crippen molar-refractivity contribution in [3.63, 3.8) is 0 Å². The first-order chi connectivity index (χ1) is 8.74. The molecule has 1 saturated heterocycles. The molecule has 2 rings (SSSR count). The van der Waals surface area contributed by atoms with E-state index < -0.39 is 0 Å². The molecule has 0 radical (unpaired) electrons. The maximum Gasteiger partial charge on any atom is 0.165 e. The Bertz CT molecular complexity index is 406. The van der Waals surface area contributed by atoms with Crippen LogP contribution < -0.4 is 14.8 Å². The van der Waals surface area contributed by atoms with Crippen LogP contribution in [0, 0.1) is 0 Å². The van der Waals surface area contributed by atoms with E-state index in [4.69, 9.17) is 21.1 Å². The van der Waals surface area contributed by atoms with E-state index in [1.807, 2.05) is 6.07 Å². The van der Waals surface area contributed by atoms with Gasteiger partial charge in [-0.05, 0) is 6.07 Å². The summed E-state index contributed by atoms with van der Waals surface area (Å²) in [4.78, 5) is 2.38. The Balaban J connectivity index is 2.21. The van der Waals surface area contributed by atoms with Gasteiger partial charge in [0.25, 0.3) is 0 Å². The first-order valence-electron chi connectivity index (χ1n) is 6.08. The highest BCUT2D eigenvalue weighted by molar-refractivity contribution is 6.30. The van der Waals surface area contributed by atoms with Crippen molar-refractivity contribution in [1.82, 2.24) is 10.2 Å². The summed E-state index contributed by atoms with van der Waals surface area (Å²) in [6.07, 6.45) is 0. The van der Waals surface area contributed by atoms with Crippen LogP contribution >= 0.6 is 11.6 Å². The van der Waals surface area contributed by atoms with Crippen LogP contribution in [0.3, 0.4) is 0 Å². The highest BCUT2D eigenvalue weighted by Gasteiger charge is 2.16. The van der Waals surface area contributed by atoms with E-state index in [1.165, 1.54) is 0 Å². The van der Waals surface area contributed by atoms with Gasteiger partial charge in [-0.3, -0.25) is 4.90 Å². The highest BCUT2D eigenvalue weighted by Crippen LogP contribution is 2.35. The summed E-state index contributed by atoms with van der Waals surface area (Å²) >= 11 is 6.11. The number of halogens is 1. The molecule has 18 heavy (non-hydrogen) atoms. The molecule has 0 amide bonds. The lowest BCUT2D eigenvalue weighted by molar-refractivity contribution is 0.229. The second kappa shape index (κ2) is 6.27. The third-order valence-corrected chi connectivity index (χ3v) is 3.34. The second-order valence-corrected chi connectivity index (χ2v) is 4.76. The normalized spacial score (nSPS) is 16.6. The third-order valence-electron chi connectivity index (χ3n) is 3.12. The molecule has 0 aliphatic carbocycles. The molecule has 0 bridgehead atoms. The fourth-order valence-electron chi connectivity index (χ4n) is 2.23. The molecule has 1 aromatic carbocycles. The summed E-state index contributed by atoms with van der Waals surface area (Å²) in [5.74, 6) is 1.47. The summed E-state index contributed by atoms with van der Waals surface area (Å²) in [5, 5.41) is 4.02. The minimum atomic E-state index is 0.679. The molecule has 0 unspecified atom stereocenters. The van der Waals surface area contributed by atoms with Crippen molar-refractivity contribution < 1.29 is 9.47 Å². The molecule has 0 spiro atoms. The minimum Gasteiger partial charge on any atom is -0.493 e. The monoisotopic (exact) mass is 270 g/mol. The predicted molar refractivity (Wildman–Crippen MR) is 72.7 cm³/mol. The first-order valence-corrected chi connectivity index (χ1v) is 6.46. The Morgan fingerprint density at radius 1 is 1.22 bits per heavy atom. The Morgan fingerprint density at radius 3 is 2.56 bits per heavy atom. The molecular formula is C13H19ClN2O2. The van der Waals surface area contributed by atoms with E-state index >= 15 is 0 Å². The van der Waals surface area contributed by atoms with E-state index in [0.717, 1.165) is 44.0 Å². The largest absolute Gasteiger partial charge is 0.493 e. The van der Waals surface area contributed by atoms with Gasteiger partial charge < -0.3 is 14.8 Å². The van der Waals surface area contributed by atoms with Gasteiger partial charge >= 0.3 is 0 Å². The van der Waals surface area contributed by atoms with Crippen LogP contribution in [0.25, 0.3) is 0 Å². The number of piperazine rings is 1. The average Bonchev–Trinajstić information content (AvgIpc) is 2.39. The highest BCUT2D eigenvalue weighted by atomic mass is 35.5. The summed E-state index contributed by atoms with van der Waals surface area (Å²) in [7, 11) is 3.29. The number of nitrogens with zero attached hydrogens (tertiary/aromatic N) is 1. The number of ether oxygens (including phenoxy) is 2. The van der Waals surface area contributed by atoms with Crippen molar-refractivity contribution >= 4 is 11.6 Å². The zero-order valence-corrected chi connectivity index (χ0v) is 11.6. The molecule has 1 aliphatic heterocycles. The predicted octanol–water partition coefficient (Wildman–Crippen LogP) is 1.76. The average molecular weight is 271 g/mol. The molecule has 1 aliphatic rings. The van der Waals surface area contributed by atoms with Crippen molar-refractivity contribution in [3.05, 3.63) is 22.7 Å². The van der Waals surface area contributed by atoms with Crippen LogP contribution in [0.2, 0.25) is 5.02 Å². The Hall–Kier alpha value is -0.970. The van der Waals surface area contributed by atoms with Crippen molar-refractivity contribution in [2.45, 2.75) is 6.54 Å². The first kappa shape index (κ1) is 13.5. The lowest BCUT2D eigenvalue weighted by Gasteiger charge is -2.28. The number of nitrogens with one attached hydrogen (secondary N) is 1. The maximum atomic E-state index is 6.11. The fourth-order valence-corrected chi connectivity index (χ4v) is 2.46. The van der Waals surface area contributed by atoms with E-state index in [0.29, 0.717) is 10.8 Å². The van der Waals surface area contributed by atoms with Gasteiger partial charge in [-0.15, -0.1) is 0 Å². The molecule has 100 valence electrons. The van der Waals surface area contributed by atoms with Crippen molar-refractivity contribution in [2.75, 3.05) is 40.4 Å². The molecule has 0 saturated carbocycles. The standard InChI is InChI=1S/C13H19ClN2O2/c1-17-12-8-11(14)7-10(13(12)18-2)9-16-5-3-15-4-6-16/h7-8,15H,3-6,9H2,1-2H3. The Morgan fingerprint density at radius 2 is 1.94 bits per heavy atom. The fraction of sp³-hybridized carbons (Fsp3) is 0.538. The summed E-state index contributed by atoms with van der Waals surface area (Å²) in [6.45, 7) is 4.97. The van der Waals surface area contributed by atoms with Gasteiger partial charge in [-0.2, -0.15) is 0 Å². The number of benzene rings is 1. The van der Waals surface area contributed by atoms with Gasteiger partial charge in [-0.25, -0.2) is 0 Å². The third kappa shape index (κ3) is 3.07. The van der Waals surface area contributed by atoms with E-state index in [2.05, 4.69) is 10.2 Å². The molecule has 1 aromatic rings. The second-order valence-electron chi connectivity index (χ2n) is 4.33. The minimum absolute atomic E-state index is 0.679. The lowest BCUT2D eigenvalue weighted by Crippen LogP contribution is -2.42. The van der Waals surface area contributed by atoms with Crippen molar-refractivity contribution in [1.29, 1.82) is 0 Å². The van der Waals surface area contributed by atoms with Gasteiger partial charge in [-0.1, -0.05) is 11.6 Å². The zero-order valence-electron chi connectivity index (χ0n) is 10.8. The van der Waals surface area contributed by atoms with Gasteiger partial charge in [0.1, 0.15) is 0 Å². The molecular weight excluding hydrogens is 252 g/mol. The van der Waals surface area contributed by atoms with Crippen LogP contribution in [0.1, 0.15) is 5.56 Å². The van der Waals surface area contributed by atoms with Crippen molar-refractivity contribution in [2.24, 2.45) is 0 Å². The van der Waals surface area contributed by atoms with Crippen LogP contribution in [0.15, 0.2) is 12.1 Å². The van der Waals surface area contributed by atoms with E-state index in [-0.39, 0.29) is 0 Å². The Labute approximate surface area is 113 Å². The SMILES string of the molecule is COc1cc(Cl)cc(CN2CCNCC2)c1OC. The topological polar surface area (TPSA) is 33.7 Å². The number of hydrogen-bond acceptors (Lipinski definition) is 4. The van der Waals surface area contributed by atoms with Gasteiger partial charge in [0.15, 0.2) is 11.5 Å². The van der Waals surface area contributed by atoms with Crippen molar-refractivity contribution in [3.8, 4) is 11.5 Å². The molecule has 1 N–H and O–H groups in total. The maximum absolute atomic E-state index is 6.11. The van der Waals surface area contributed by atoms with E-state index in [9.17, 15) is 0 Å². The number of rotatable bonds is 4. The van der Waals surface area contributed by atoms with Crippen LogP contribution in [0.4, 0.5) is 0 Å². The molecule has 4 nitrogen and oxygen atoms in total.